The van der Waals surface area contributed by atoms with Crippen molar-refractivity contribution in [3.8, 4) is 0 Å². The second kappa shape index (κ2) is 7.40. The van der Waals surface area contributed by atoms with Crippen molar-refractivity contribution in [1.29, 1.82) is 0 Å². The van der Waals surface area contributed by atoms with Crippen molar-refractivity contribution in [2.24, 2.45) is 7.05 Å². The zero-order valence-electron chi connectivity index (χ0n) is 13.5. The van der Waals surface area contributed by atoms with Crippen molar-refractivity contribution in [3.63, 3.8) is 0 Å². The molecular weight excluding hydrogens is 312 g/mol. The molecule has 6 nitrogen and oxygen atoms in total. The van der Waals surface area contributed by atoms with Gasteiger partial charge in [-0.25, -0.2) is 0 Å². The first-order valence-corrected chi connectivity index (χ1v) is 9.27. The Morgan fingerprint density at radius 3 is 2.74 bits per heavy atom. The van der Waals surface area contributed by atoms with E-state index >= 15 is 0 Å². The Morgan fingerprint density at radius 2 is 2.04 bits per heavy atom. The first kappa shape index (κ1) is 16.4. The van der Waals surface area contributed by atoms with E-state index in [0.29, 0.717) is 19.5 Å². The Bertz CT molecular complexity index is 568. The van der Waals surface area contributed by atoms with Gasteiger partial charge in [0.2, 0.25) is 11.8 Å². The largest absolute Gasteiger partial charge is 0.357 e. The van der Waals surface area contributed by atoms with E-state index in [2.05, 4.69) is 5.32 Å². The Balaban J connectivity index is 1.53. The third-order valence-electron chi connectivity index (χ3n) is 4.42. The molecule has 3 heterocycles. The van der Waals surface area contributed by atoms with Crippen molar-refractivity contribution < 1.29 is 9.59 Å². The lowest BCUT2D eigenvalue weighted by Crippen LogP contribution is -2.46. The molecule has 1 aromatic rings. The van der Waals surface area contributed by atoms with Crippen LogP contribution in [-0.4, -0.2) is 70.0 Å². The molecule has 126 valence electrons. The highest BCUT2D eigenvalue weighted by Gasteiger charge is 2.29. The Morgan fingerprint density at radius 1 is 1.26 bits per heavy atom. The minimum Gasteiger partial charge on any atom is -0.357 e. The minimum atomic E-state index is -0.0495. The molecule has 3 rings (SSSR count). The van der Waals surface area contributed by atoms with E-state index in [1.54, 1.807) is 11.8 Å². The summed E-state index contributed by atoms with van der Waals surface area (Å²) in [4.78, 5) is 28.7. The molecule has 23 heavy (non-hydrogen) atoms. The first-order valence-electron chi connectivity index (χ1n) is 8.12. The molecule has 2 fully saturated rings. The molecular formula is C16H24N4O2S. The number of aryl methyl sites for hydroxylation is 1. The molecule has 0 saturated carbocycles. The number of thioether (sulfide) groups is 1. The molecule has 1 unspecified atom stereocenters. The van der Waals surface area contributed by atoms with Crippen molar-refractivity contribution in [3.05, 3.63) is 24.0 Å². The van der Waals surface area contributed by atoms with Gasteiger partial charge in [-0.1, -0.05) is 0 Å². The van der Waals surface area contributed by atoms with Crippen LogP contribution in [0.4, 0.5) is 0 Å². The van der Waals surface area contributed by atoms with E-state index in [0.717, 1.165) is 36.7 Å². The van der Waals surface area contributed by atoms with Crippen LogP contribution >= 0.6 is 11.8 Å². The van der Waals surface area contributed by atoms with Crippen LogP contribution in [-0.2, 0) is 23.1 Å². The fourth-order valence-electron chi connectivity index (χ4n) is 3.11. The maximum absolute atomic E-state index is 12.5. The van der Waals surface area contributed by atoms with Crippen LogP contribution in [0.25, 0.3) is 0 Å². The summed E-state index contributed by atoms with van der Waals surface area (Å²) in [6.07, 6.45) is 5.23. The summed E-state index contributed by atoms with van der Waals surface area (Å²) in [5, 5.41) is 3.23. The highest BCUT2D eigenvalue weighted by atomic mass is 32.2. The topological polar surface area (TPSA) is 57.6 Å². The van der Waals surface area contributed by atoms with Gasteiger partial charge in [0.15, 0.2) is 0 Å². The van der Waals surface area contributed by atoms with E-state index in [1.807, 2.05) is 39.9 Å². The van der Waals surface area contributed by atoms with Crippen LogP contribution in [0.5, 0.6) is 0 Å². The van der Waals surface area contributed by atoms with Crippen LogP contribution < -0.4 is 5.32 Å². The summed E-state index contributed by atoms with van der Waals surface area (Å²) in [5.41, 5.74) is 1.04. The standard InChI is InChI=1S/C16H24N4O2S/c1-18-6-3-13(10-18)9-15(21)19-4-2-5-20(8-7-19)16(22)14-11-23-12-17-14/h3,6,10,14,17H,2,4-5,7-9,11-12H2,1H3. The molecule has 2 saturated heterocycles. The number of nitrogens with zero attached hydrogens (tertiary/aromatic N) is 3. The van der Waals surface area contributed by atoms with Gasteiger partial charge in [0.1, 0.15) is 0 Å². The van der Waals surface area contributed by atoms with Gasteiger partial charge in [-0.15, -0.1) is 11.8 Å². The lowest BCUT2D eigenvalue weighted by Gasteiger charge is -2.24. The average molecular weight is 336 g/mol. The molecule has 2 aliphatic rings. The van der Waals surface area contributed by atoms with Crippen LogP contribution in [0.3, 0.4) is 0 Å². The second-order valence-electron chi connectivity index (χ2n) is 6.19. The van der Waals surface area contributed by atoms with Gasteiger partial charge >= 0.3 is 0 Å². The zero-order valence-corrected chi connectivity index (χ0v) is 14.3. The van der Waals surface area contributed by atoms with Crippen molar-refractivity contribution in [2.75, 3.05) is 37.8 Å². The van der Waals surface area contributed by atoms with Gasteiger partial charge in [-0.3, -0.25) is 14.9 Å². The molecule has 7 heteroatoms. The fourth-order valence-corrected chi connectivity index (χ4v) is 4.05. The quantitative estimate of drug-likeness (QED) is 0.862. The molecule has 0 spiro atoms. The van der Waals surface area contributed by atoms with E-state index < -0.39 is 0 Å². The smallest absolute Gasteiger partial charge is 0.240 e. The van der Waals surface area contributed by atoms with Gasteiger partial charge in [0.05, 0.1) is 12.5 Å². The van der Waals surface area contributed by atoms with E-state index in [9.17, 15) is 9.59 Å². The van der Waals surface area contributed by atoms with Crippen LogP contribution in [0.1, 0.15) is 12.0 Å². The van der Waals surface area contributed by atoms with Gasteiger partial charge < -0.3 is 14.4 Å². The molecule has 0 radical (unpaired) electrons. The molecule has 0 aliphatic carbocycles. The van der Waals surface area contributed by atoms with Gasteiger partial charge in [0.25, 0.3) is 0 Å². The molecule has 2 amide bonds. The normalized spacial score (nSPS) is 22.2. The summed E-state index contributed by atoms with van der Waals surface area (Å²) < 4.78 is 1.96. The predicted octanol–water partition coefficient (Wildman–Crippen LogP) is 0.291. The number of amides is 2. The summed E-state index contributed by atoms with van der Waals surface area (Å²) in [5.74, 6) is 2.05. The Hall–Kier alpha value is -1.47. The molecule has 0 bridgehead atoms. The number of carbonyl (C=O) groups excluding carboxylic acids is 2. The molecule has 0 aromatic carbocycles. The van der Waals surface area contributed by atoms with Crippen molar-refractivity contribution in [2.45, 2.75) is 18.9 Å². The lowest BCUT2D eigenvalue weighted by atomic mass is 10.2. The van der Waals surface area contributed by atoms with Crippen molar-refractivity contribution >= 4 is 23.6 Å². The maximum atomic E-state index is 12.5. The third-order valence-corrected chi connectivity index (χ3v) is 5.36. The van der Waals surface area contributed by atoms with Gasteiger partial charge in [-0.05, 0) is 18.1 Å². The van der Waals surface area contributed by atoms with Gasteiger partial charge in [0, 0.05) is 57.3 Å². The zero-order chi connectivity index (χ0) is 16.2. The Labute approximate surface area is 141 Å². The number of aromatic nitrogens is 1. The first-order chi connectivity index (χ1) is 11.1. The maximum Gasteiger partial charge on any atom is 0.240 e. The average Bonchev–Trinajstić information content (AvgIpc) is 3.13. The third kappa shape index (κ3) is 4.09. The summed E-state index contributed by atoms with van der Waals surface area (Å²) in [7, 11) is 1.96. The minimum absolute atomic E-state index is 0.0495. The molecule has 2 aliphatic heterocycles. The number of nitrogens with one attached hydrogen (secondary N) is 1. The summed E-state index contributed by atoms with van der Waals surface area (Å²) in [6.45, 7) is 2.76. The fraction of sp³-hybridized carbons (Fsp3) is 0.625. The lowest BCUT2D eigenvalue weighted by molar-refractivity contribution is -0.134. The van der Waals surface area contributed by atoms with E-state index in [4.69, 9.17) is 0 Å². The van der Waals surface area contributed by atoms with Crippen LogP contribution in [0, 0.1) is 0 Å². The predicted molar refractivity (Wildman–Crippen MR) is 91.1 cm³/mol. The molecule has 1 atom stereocenters. The Kier molecular flexibility index (Phi) is 5.27. The number of hydrogen-bond acceptors (Lipinski definition) is 4. The number of rotatable bonds is 3. The summed E-state index contributed by atoms with van der Waals surface area (Å²) >= 11 is 1.76. The van der Waals surface area contributed by atoms with Crippen LogP contribution in [0.2, 0.25) is 0 Å². The van der Waals surface area contributed by atoms with Crippen molar-refractivity contribution in [1.82, 2.24) is 19.7 Å². The highest BCUT2D eigenvalue weighted by molar-refractivity contribution is 7.99. The summed E-state index contributed by atoms with van der Waals surface area (Å²) in [6, 6.07) is 1.93. The number of hydrogen-bond donors (Lipinski definition) is 1. The second-order valence-corrected chi connectivity index (χ2v) is 7.22. The monoisotopic (exact) mass is 336 g/mol. The molecule has 1 aromatic heterocycles. The van der Waals surface area contributed by atoms with E-state index in [1.165, 1.54) is 0 Å². The molecule has 1 N–H and O–H groups in total. The highest BCUT2D eigenvalue weighted by Crippen LogP contribution is 2.14. The van der Waals surface area contributed by atoms with E-state index in [-0.39, 0.29) is 17.9 Å². The van der Waals surface area contributed by atoms with Crippen LogP contribution in [0.15, 0.2) is 18.5 Å². The van der Waals surface area contributed by atoms with Gasteiger partial charge in [-0.2, -0.15) is 0 Å². The number of carbonyl (C=O) groups is 2. The SMILES string of the molecule is Cn1ccc(CC(=O)N2CCCN(C(=O)C3CSCN3)CC2)c1.